The van der Waals surface area contributed by atoms with Gasteiger partial charge in [-0.2, -0.15) is 8.42 Å². The number of rotatable bonds is 6. The largest absolute Gasteiger partial charge is 0.465 e. The molecule has 0 saturated heterocycles. The van der Waals surface area contributed by atoms with Gasteiger partial charge < -0.3 is 15.0 Å². The molecule has 2 rings (SSSR count). The van der Waals surface area contributed by atoms with Crippen molar-refractivity contribution < 1.29 is 27.4 Å². The fourth-order valence-electron chi connectivity index (χ4n) is 2.09. The smallest absolute Gasteiger partial charge is 0.413 e. The Balaban J connectivity index is 2.36. The van der Waals surface area contributed by atoms with Crippen LogP contribution in [0.4, 0.5) is 10.5 Å². The Morgan fingerprint density at radius 1 is 1.29 bits per heavy atom. The summed E-state index contributed by atoms with van der Waals surface area (Å²) in [4.78, 5) is 22.1. The van der Waals surface area contributed by atoms with Crippen molar-refractivity contribution in [2.75, 3.05) is 0 Å². The van der Waals surface area contributed by atoms with Gasteiger partial charge in [0.2, 0.25) is 0 Å². The Morgan fingerprint density at radius 2 is 1.89 bits per heavy atom. The highest BCUT2D eigenvalue weighted by Crippen LogP contribution is 2.28. The first kappa shape index (κ1) is 21.5. The molecule has 28 heavy (non-hydrogen) atoms. The van der Waals surface area contributed by atoms with Gasteiger partial charge in [0.05, 0.1) is 23.1 Å². The fourth-order valence-corrected chi connectivity index (χ4v) is 3.42. The quantitative estimate of drug-likeness (QED) is 0.269. The molecule has 0 aromatic heterocycles. The molecule has 0 heterocycles. The van der Waals surface area contributed by atoms with E-state index in [0.717, 1.165) is 6.07 Å². The number of nitrogens with two attached hydrogens (primary N) is 1. The zero-order valence-corrected chi connectivity index (χ0v) is 17.0. The van der Waals surface area contributed by atoms with Crippen LogP contribution >= 0.6 is 28.1 Å². The summed E-state index contributed by atoms with van der Waals surface area (Å²) in [6.45, 7) is -0.485. The van der Waals surface area contributed by atoms with Crippen LogP contribution in [0.5, 0.6) is 5.75 Å². The number of benzene rings is 2. The van der Waals surface area contributed by atoms with Crippen LogP contribution in [0.25, 0.3) is 0 Å². The highest BCUT2D eigenvalue weighted by molar-refractivity contribution is 9.10. The lowest BCUT2D eigenvalue weighted by atomic mass is 10.1. The number of hydrogen-bond acceptors (Lipinski definition) is 7. The number of hydrogen-bond donors (Lipinski definition) is 2. The first-order valence-electron chi connectivity index (χ1n) is 7.28. The molecule has 0 unspecified atom stereocenters. The Hall–Kier alpha value is -2.77. The molecule has 1 amide bonds. The van der Waals surface area contributed by atoms with Crippen LogP contribution < -0.4 is 9.92 Å². The van der Waals surface area contributed by atoms with Crippen LogP contribution in [0.1, 0.15) is 5.56 Å². The third-order valence-electron chi connectivity index (χ3n) is 3.39. The minimum atomic E-state index is -4.22. The van der Waals surface area contributed by atoms with Crippen LogP contribution in [-0.4, -0.2) is 34.6 Å². The standard InChI is InChI=1S/C15H12BrN3O7S2/c16-10-2-5-12(6-3-10)28(24,25)26-11-4-1-9(13(7-11)19(22)23)8-18(14(17)27)15(20)21/h1-7H,8H2,(H2,17,27)(H,20,21). The van der Waals surface area contributed by atoms with Gasteiger partial charge in [-0.3, -0.25) is 10.1 Å². The van der Waals surface area contributed by atoms with Gasteiger partial charge in [-0.05, 0) is 48.6 Å². The molecule has 10 nitrogen and oxygen atoms in total. The zero-order valence-electron chi connectivity index (χ0n) is 13.8. The molecule has 148 valence electrons. The van der Waals surface area contributed by atoms with Crippen molar-refractivity contribution in [3.8, 4) is 5.75 Å². The molecule has 0 aliphatic carbocycles. The van der Waals surface area contributed by atoms with E-state index in [1.54, 1.807) is 0 Å². The molecule has 0 atom stereocenters. The van der Waals surface area contributed by atoms with E-state index in [1.165, 1.54) is 36.4 Å². The van der Waals surface area contributed by atoms with E-state index in [9.17, 15) is 23.3 Å². The lowest BCUT2D eigenvalue weighted by Crippen LogP contribution is -2.39. The molecular formula is C15H12BrN3O7S2. The Morgan fingerprint density at radius 3 is 2.39 bits per heavy atom. The number of thiocarbonyl (C=S) groups is 1. The number of amides is 1. The van der Waals surface area contributed by atoms with Gasteiger partial charge in [-0.1, -0.05) is 15.9 Å². The van der Waals surface area contributed by atoms with Crippen molar-refractivity contribution in [1.29, 1.82) is 0 Å². The van der Waals surface area contributed by atoms with E-state index in [-0.39, 0.29) is 16.2 Å². The maximum atomic E-state index is 12.3. The number of carboxylic acid groups (broad SMARTS) is 1. The molecule has 0 aliphatic rings. The van der Waals surface area contributed by atoms with E-state index >= 15 is 0 Å². The van der Waals surface area contributed by atoms with Gasteiger partial charge in [0.15, 0.2) is 5.11 Å². The molecular weight excluding hydrogens is 478 g/mol. The summed E-state index contributed by atoms with van der Waals surface area (Å²) in [6, 6.07) is 8.81. The highest BCUT2D eigenvalue weighted by Gasteiger charge is 2.24. The molecule has 0 aliphatic heterocycles. The van der Waals surface area contributed by atoms with Crippen molar-refractivity contribution in [1.82, 2.24) is 4.90 Å². The summed E-state index contributed by atoms with van der Waals surface area (Å²) in [6.07, 6.45) is -1.49. The number of halogens is 1. The summed E-state index contributed by atoms with van der Waals surface area (Å²) in [5, 5.41) is 19.9. The molecule has 2 aromatic rings. The van der Waals surface area contributed by atoms with Gasteiger partial charge >= 0.3 is 16.2 Å². The van der Waals surface area contributed by atoms with E-state index < -0.39 is 38.5 Å². The summed E-state index contributed by atoms with van der Waals surface area (Å²) < 4.78 is 30.2. The van der Waals surface area contributed by atoms with Crippen molar-refractivity contribution in [3.05, 3.63) is 62.6 Å². The second-order valence-electron chi connectivity index (χ2n) is 5.25. The Labute approximate surface area is 172 Å². The summed E-state index contributed by atoms with van der Waals surface area (Å²) in [5.74, 6) is -0.310. The second kappa shape index (κ2) is 8.50. The van der Waals surface area contributed by atoms with Crippen LogP contribution in [0.2, 0.25) is 0 Å². The first-order valence-corrected chi connectivity index (χ1v) is 9.89. The molecule has 0 radical (unpaired) electrons. The number of nitro benzene ring substituents is 1. The minimum absolute atomic E-state index is 0.0476. The topological polar surface area (TPSA) is 153 Å². The van der Waals surface area contributed by atoms with Crippen molar-refractivity contribution in [3.63, 3.8) is 0 Å². The average Bonchev–Trinajstić information content (AvgIpc) is 2.59. The molecule has 13 heteroatoms. The SMILES string of the molecule is NC(=S)N(Cc1ccc(OS(=O)(=O)c2ccc(Br)cc2)cc1[N+](=O)[O-])C(=O)O. The van der Waals surface area contributed by atoms with Crippen molar-refractivity contribution in [2.45, 2.75) is 11.4 Å². The van der Waals surface area contributed by atoms with Gasteiger partial charge in [0.1, 0.15) is 10.6 Å². The lowest BCUT2D eigenvalue weighted by Gasteiger charge is -2.17. The molecule has 0 spiro atoms. The maximum absolute atomic E-state index is 12.3. The van der Waals surface area contributed by atoms with E-state index in [1.807, 2.05) is 0 Å². The van der Waals surface area contributed by atoms with Crippen molar-refractivity contribution >= 4 is 55.2 Å². The number of nitro groups is 1. The van der Waals surface area contributed by atoms with E-state index in [2.05, 4.69) is 28.1 Å². The van der Waals surface area contributed by atoms with Crippen LogP contribution in [0, 0.1) is 10.1 Å². The second-order valence-corrected chi connectivity index (χ2v) is 8.13. The fraction of sp³-hybridized carbons (Fsp3) is 0.0667. The average molecular weight is 490 g/mol. The van der Waals surface area contributed by atoms with Crippen LogP contribution in [-0.2, 0) is 16.7 Å². The maximum Gasteiger partial charge on any atom is 0.413 e. The third-order valence-corrected chi connectivity index (χ3v) is 5.40. The Bertz CT molecular complexity index is 1030. The molecule has 3 N–H and O–H groups in total. The summed E-state index contributed by atoms with van der Waals surface area (Å²) in [5.41, 5.74) is 4.70. The van der Waals surface area contributed by atoms with Crippen LogP contribution in [0.15, 0.2) is 51.8 Å². The number of carbonyl (C=O) groups is 1. The molecule has 0 bridgehead atoms. The minimum Gasteiger partial charge on any atom is -0.465 e. The number of nitrogens with zero attached hydrogens (tertiary/aromatic N) is 2. The zero-order chi connectivity index (χ0) is 21.1. The molecule has 0 saturated carbocycles. The normalized spacial score (nSPS) is 10.9. The predicted molar refractivity (Wildman–Crippen MR) is 105 cm³/mol. The third kappa shape index (κ3) is 5.15. The van der Waals surface area contributed by atoms with Gasteiger partial charge in [-0.25, -0.2) is 9.69 Å². The van der Waals surface area contributed by atoms with Gasteiger partial charge in [-0.15, -0.1) is 0 Å². The predicted octanol–water partition coefficient (Wildman–Crippen LogP) is 2.85. The molecule has 2 aromatic carbocycles. The molecule has 0 fully saturated rings. The van der Waals surface area contributed by atoms with Gasteiger partial charge in [0.25, 0.3) is 5.69 Å². The first-order chi connectivity index (χ1) is 13.0. The van der Waals surface area contributed by atoms with E-state index in [4.69, 9.17) is 15.0 Å². The van der Waals surface area contributed by atoms with E-state index in [0.29, 0.717) is 9.37 Å². The summed E-state index contributed by atoms with van der Waals surface area (Å²) in [7, 11) is -4.22. The highest BCUT2D eigenvalue weighted by atomic mass is 79.9. The van der Waals surface area contributed by atoms with Crippen LogP contribution in [0.3, 0.4) is 0 Å². The Kier molecular flexibility index (Phi) is 6.53. The summed E-state index contributed by atoms with van der Waals surface area (Å²) >= 11 is 7.79. The van der Waals surface area contributed by atoms with Gasteiger partial charge in [0, 0.05) is 4.47 Å². The van der Waals surface area contributed by atoms with Crippen molar-refractivity contribution in [2.24, 2.45) is 5.73 Å². The monoisotopic (exact) mass is 489 g/mol. The lowest BCUT2D eigenvalue weighted by molar-refractivity contribution is -0.385.